The number of aliphatic hydroxyl groups is 1. The van der Waals surface area contributed by atoms with Gasteiger partial charge in [-0.2, -0.15) is 5.10 Å². The molecule has 1 aromatic rings. The average molecular weight is 154 g/mol. The van der Waals surface area contributed by atoms with Gasteiger partial charge >= 0.3 is 0 Å². The molecule has 0 amide bonds. The standard InChI is InChI=1S/C8H14N2O/c1-10-7-8(6-9-10)4-2-3-5-11/h6-7,11H,2-5H2,1H3. The van der Waals surface area contributed by atoms with Gasteiger partial charge in [-0.05, 0) is 24.8 Å². The van der Waals surface area contributed by atoms with Gasteiger partial charge in [0.1, 0.15) is 0 Å². The zero-order valence-electron chi connectivity index (χ0n) is 6.82. The van der Waals surface area contributed by atoms with E-state index in [9.17, 15) is 0 Å². The molecular formula is C8H14N2O. The van der Waals surface area contributed by atoms with Crippen molar-refractivity contribution in [2.24, 2.45) is 7.05 Å². The van der Waals surface area contributed by atoms with Crippen molar-refractivity contribution in [2.75, 3.05) is 6.61 Å². The molecule has 1 rings (SSSR count). The molecule has 1 N–H and O–H groups in total. The Morgan fingerprint density at radius 3 is 2.91 bits per heavy atom. The van der Waals surface area contributed by atoms with Gasteiger partial charge in [0, 0.05) is 19.9 Å². The summed E-state index contributed by atoms with van der Waals surface area (Å²) in [4.78, 5) is 0. The Bertz CT molecular complexity index is 208. The van der Waals surface area contributed by atoms with Crippen LogP contribution in [0, 0.1) is 0 Å². The van der Waals surface area contributed by atoms with E-state index in [2.05, 4.69) is 5.10 Å². The molecule has 0 aliphatic rings. The molecule has 3 heteroatoms. The summed E-state index contributed by atoms with van der Waals surface area (Å²) < 4.78 is 1.80. The molecule has 0 unspecified atom stereocenters. The molecule has 62 valence electrons. The second-order valence-electron chi connectivity index (χ2n) is 2.70. The highest BCUT2D eigenvalue weighted by atomic mass is 16.2. The SMILES string of the molecule is Cn1cc(CCCCO)cn1. The Kier molecular flexibility index (Phi) is 3.11. The fourth-order valence-electron chi connectivity index (χ4n) is 1.04. The lowest BCUT2D eigenvalue weighted by Crippen LogP contribution is -1.87. The minimum atomic E-state index is 0.292. The molecular weight excluding hydrogens is 140 g/mol. The van der Waals surface area contributed by atoms with E-state index in [0.717, 1.165) is 19.3 Å². The summed E-state index contributed by atoms with van der Waals surface area (Å²) in [5, 5.41) is 12.6. The Balaban J connectivity index is 2.27. The van der Waals surface area contributed by atoms with Gasteiger partial charge in [-0.15, -0.1) is 0 Å². The minimum Gasteiger partial charge on any atom is -0.396 e. The molecule has 1 heterocycles. The van der Waals surface area contributed by atoms with Gasteiger partial charge in [0.05, 0.1) is 6.20 Å². The van der Waals surface area contributed by atoms with E-state index >= 15 is 0 Å². The quantitative estimate of drug-likeness (QED) is 0.649. The maximum Gasteiger partial charge on any atom is 0.0521 e. The maximum atomic E-state index is 8.53. The Morgan fingerprint density at radius 1 is 1.55 bits per heavy atom. The largest absolute Gasteiger partial charge is 0.396 e. The first-order valence-corrected chi connectivity index (χ1v) is 3.91. The zero-order chi connectivity index (χ0) is 8.10. The first kappa shape index (κ1) is 8.27. The van der Waals surface area contributed by atoms with Gasteiger partial charge in [0.2, 0.25) is 0 Å². The molecule has 0 fully saturated rings. The first-order valence-electron chi connectivity index (χ1n) is 3.91. The normalized spacial score (nSPS) is 10.4. The van der Waals surface area contributed by atoms with Crippen molar-refractivity contribution >= 4 is 0 Å². The number of aliphatic hydroxyl groups excluding tert-OH is 1. The summed E-state index contributed by atoms with van der Waals surface area (Å²) in [6, 6.07) is 0. The van der Waals surface area contributed by atoms with E-state index in [-0.39, 0.29) is 0 Å². The van der Waals surface area contributed by atoms with Gasteiger partial charge in [-0.1, -0.05) is 0 Å². The number of rotatable bonds is 4. The molecule has 0 aliphatic carbocycles. The fraction of sp³-hybridized carbons (Fsp3) is 0.625. The summed E-state index contributed by atoms with van der Waals surface area (Å²) in [6.07, 6.45) is 6.83. The Hall–Kier alpha value is -0.830. The predicted octanol–water partition coefficient (Wildman–Crippen LogP) is 0.735. The van der Waals surface area contributed by atoms with Crippen molar-refractivity contribution in [3.05, 3.63) is 18.0 Å². The highest BCUT2D eigenvalue weighted by Crippen LogP contribution is 2.02. The van der Waals surface area contributed by atoms with E-state index in [1.54, 1.807) is 4.68 Å². The van der Waals surface area contributed by atoms with Gasteiger partial charge in [-0.3, -0.25) is 4.68 Å². The van der Waals surface area contributed by atoms with Crippen LogP contribution >= 0.6 is 0 Å². The number of unbranched alkanes of at least 4 members (excludes halogenated alkanes) is 1. The van der Waals surface area contributed by atoms with Crippen LogP contribution in [0.4, 0.5) is 0 Å². The molecule has 0 spiro atoms. The number of aromatic nitrogens is 2. The average Bonchev–Trinajstić information content (AvgIpc) is 2.37. The van der Waals surface area contributed by atoms with Crippen LogP contribution in [-0.2, 0) is 13.5 Å². The van der Waals surface area contributed by atoms with E-state index in [4.69, 9.17) is 5.11 Å². The third-order valence-corrected chi connectivity index (χ3v) is 1.63. The summed E-state index contributed by atoms with van der Waals surface area (Å²) in [5.41, 5.74) is 1.25. The van der Waals surface area contributed by atoms with Crippen LogP contribution in [0.15, 0.2) is 12.4 Å². The highest BCUT2D eigenvalue weighted by Gasteiger charge is 1.94. The van der Waals surface area contributed by atoms with Crippen LogP contribution < -0.4 is 0 Å². The number of hydrogen-bond donors (Lipinski definition) is 1. The summed E-state index contributed by atoms with van der Waals surface area (Å²) in [5.74, 6) is 0. The zero-order valence-corrected chi connectivity index (χ0v) is 6.82. The van der Waals surface area contributed by atoms with Gasteiger partial charge in [0.25, 0.3) is 0 Å². The van der Waals surface area contributed by atoms with E-state index in [1.807, 2.05) is 19.4 Å². The Labute approximate surface area is 66.7 Å². The van der Waals surface area contributed by atoms with Crippen molar-refractivity contribution in [3.63, 3.8) is 0 Å². The third kappa shape index (κ3) is 2.72. The predicted molar refractivity (Wildman–Crippen MR) is 43.2 cm³/mol. The van der Waals surface area contributed by atoms with Crippen molar-refractivity contribution in [2.45, 2.75) is 19.3 Å². The number of aryl methyl sites for hydroxylation is 2. The second kappa shape index (κ2) is 4.13. The van der Waals surface area contributed by atoms with Crippen molar-refractivity contribution < 1.29 is 5.11 Å². The summed E-state index contributed by atoms with van der Waals surface area (Å²) >= 11 is 0. The molecule has 0 aliphatic heterocycles. The van der Waals surface area contributed by atoms with Crippen LogP contribution in [-0.4, -0.2) is 21.5 Å². The molecule has 0 atom stereocenters. The van der Waals surface area contributed by atoms with Crippen LogP contribution in [0.2, 0.25) is 0 Å². The minimum absolute atomic E-state index is 0.292. The summed E-state index contributed by atoms with van der Waals surface area (Å²) in [6.45, 7) is 0.292. The van der Waals surface area contributed by atoms with Gasteiger partial charge in [0.15, 0.2) is 0 Å². The van der Waals surface area contributed by atoms with Crippen molar-refractivity contribution in [1.29, 1.82) is 0 Å². The lowest BCUT2D eigenvalue weighted by molar-refractivity contribution is 0.284. The third-order valence-electron chi connectivity index (χ3n) is 1.63. The van der Waals surface area contributed by atoms with Crippen LogP contribution in [0.1, 0.15) is 18.4 Å². The molecule has 0 aromatic carbocycles. The van der Waals surface area contributed by atoms with Crippen molar-refractivity contribution in [3.8, 4) is 0 Å². The monoisotopic (exact) mass is 154 g/mol. The van der Waals surface area contributed by atoms with Crippen LogP contribution in [0.3, 0.4) is 0 Å². The van der Waals surface area contributed by atoms with E-state index < -0.39 is 0 Å². The molecule has 0 saturated heterocycles. The molecule has 3 nitrogen and oxygen atoms in total. The molecule has 0 bridgehead atoms. The lowest BCUT2D eigenvalue weighted by atomic mass is 10.2. The molecule has 0 radical (unpaired) electrons. The number of nitrogens with zero attached hydrogens (tertiary/aromatic N) is 2. The van der Waals surface area contributed by atoms with Gasteiger partial charge < -0.3 is 5.11 Å². The Morgan fingerprint density at radius 2 is 2.36 bits per heavy atom. The van der Waals surface area contributed by atoms with Crippen molar-refractivity contribution in [1.82, 2.24) is 9.78 Å². The van der Waals surface area contributed by atoms with Crippen LogP contribution in [0.25, 0.3) is 0 Å². The number of hydrogen-bond acceptors (Lipinski definition) is 2. The topological polar surface area (TPSA) is 38.0 Å². The first-order chi connectivity index (χ1) is 5.33. The molecule has 11 heavy (non-hydrogen) atoms. The highest BCUT2D eigenvalue weighted by molar-refractivity contribution is 5.03. The lowest BCUT2D eigenvalue weighted by Gasteiger charge is -1.93. The summed E-state index contributed by atoms with van der Waals surface area (Å²) in [7, 11) is 1.91. The fourth-order valence-corrected chi connectivity index (χ4v) is 1.04. The maximum absolute atomic E-state index is 8.53. The smallest absolute Gasteiger partial charge is 0.0521 e. The van der Waals surface area contributed by atoms with E-state index in [1.165, 1.54) is 5.56 Å². The van der Waals surface area contributed by atoms with E-state index in [0.29, 0.717) is 6.61 Å². The van der Waals surface area contributed by atoms with Gasteiger partial charge in [-0.25, -0.2) is 0 Å². The molecule has 1 aromatic heterocycles. The molecule has 0 saturated carbocycles. The second-order valence-corrected chi connectivity index (χ2v) is 2.70. The van der Waals surface area contributed by atoms with Crippen LogP contribution in [0.5, 0.6) is 0 Å².